The fourth-order valence-corrected chi connectivity index (χ4v) is 8.12. The highest BCUT2D eigenvalue weighted by Crippen LogP contribution is 2.39. The second kappa shape index (κ2) is 16.0. The van der Waals surface area contributed by atoms with Crippen molar-refractivity contribution >= 4 is 29.0 Å². The van der Waals surface area contributed by atoms with Gasteiger partial charge in [0.25, 0.3) is 11.8 Å². The van der Waals surface area contributed by atoms with Crippen molar-refractivity contribution in [1.82, 2.24) is 39.1 Å². The SMILES string of the molecule is COc1cc(F)ccc1C(=O)NCc1ccc(-n2c(=O)n([C@H]3CCN(CCC4CCN(C5CN(C(=O)OC(C)(C)C)C5)CC4)CC3(F)F)c3ncnc(N)c32)cc1. The fourth-order valence-electron chi connectivity index (χ4n) is 8.12. The molecule has 0 radical (unpaired) electrons. The van der Waals surface area contributed by atoms with Crippen molar-refractivity contribution in [3.05, 3.63) is 76.2 Å². The second-order valence-electron chi connectivity index (χ2n) is 16.3. The Bertz CT molecular complexity index is 2160. The van der Waals surface area contributed by atoms with Gasteiger partial charge >= 0.3 is 11.8 Å². The van der Waals surface area contributed by atoms with Crippen LogP contribution in [0.5, 0.6) is 5.75 Å². The Kier molecular flexibility index (Phi) is 11.2. The molecule has 2 aromatic heterocycles. The van der Waals surface area contributed by atoms with E-state index in [4.69, 9.17) is 15.2 Å². The van der Waals surface area contributed by atoms with Crippen LogP contribution in [-0.4, -0.2) is 116 Å². The summed E-state index contributed by atoms with van der Waals surface area (Å²) in [7, 11) is 1.35. The number of rotatable bonds is 10. The van der Waals surface area contributed by atoms with E-state index in [1.54, 1.807) is 34.1 Å². The summed E-state index contributed by atoms with van der Waals surface area (Å²) in [6.45, 7) is 9.30. The monoisotopic (exact) mass is 793 g/mol. The zero-order valence-electron chi connectivity index (χ0n) is 32.7. The van der Waals surface area contributed by atoms with Crippen LogP contribution in [0.3, 0.4) is 0 Å². The van der Waals surface area contributed by atoms with Crippen LogP contribution in [-0.2, 0) is 11.3 Å². The Hall–Kier alpha value is -5.16. The Morgan fingerprint density at radius 2 is 1.74 bits per heavy atom. The number of benzene rings is 2. The number of anilines is 1. The Labute approximate surface area is 328 Å². The van der Waals surface area contributed by atoms with Gasteiger partial charge in [0, 0.05) is 38.3 Å². The number of hydrogen-bond acceptors (Lipinski definition) is 10. The Morgan fingerprint density at radius 1 is 1.02 bits per heavy atom. The molecule has 4 aromatic rings. The summed E-state index contributed by atoms with van der Waals surface area (Å²) in [5.74, 6) is -3.73. The van der Waals surface area contributed by atoms with Crippen molar-refractivity contribution in [2.45, 2.75) is 76.6 Å². The molecule has 0 spiro atoms. The van der Waals surface area contributed by atoms with E-state index in [0.717, 1.165) is 43.0 Å². The largest absolute Gasteiger partial charge is 0.496 e. The van der Waals surface area contributed by atoms with Crippen molar-refractivity contribution in [2.24, 2.45) is 5.92 Å². The molecule has 5 heterocycles. The lowest BCUT2D eigenvalue weighted by Gasteiger charge is -2.47. The maximum absolute atomic E-state index is 16.2. The number of alkyl halides is 2. The summed E-state index contributed by atoms with van der Waals surface area (Å²) >= 11 is 0. The minimum Gasteiger partial charge on any atom is -0.496 e. The number of piperidine rings is 2. The van der Waals surface area contributed by atoms with Crippen LogP contribution < -0.4 is 21.5 Å². The third kappa shape index (κ3) is 8.59. The van der Waals surface area contributed by atoms with E-state index in [-0.39, 0.29) is 47.4 Å². The fraction of sp³-hybridized carbons (Fsp3) is 0.525. The number of amides is 2. The molecule has 17 heteroatoms. The van der Waals surface area contributed by atoms with E-state index < -0.39 is 41.5 Å². The van der Waals surface area contributed by atoms with Crippen LogP contribution in [0.4, 0.5) is 23.8 Å². The summed E-state index contributed by atoms with van der Waals surface area (Å²) in [6.07, 6.45) is 3.70. The van der Waals surface area contributed by atoms with Gasteiger partial charge in [-0.15, -0.1) is 0 Å². The molecule has 2 amide bonds. The number of methoxy groups -OCH3 is 1. The number of carbonyl (C=O) groups is 2. The first-order valence-electron chi connectivity index (χ1n) is 19.4. The van der Waals surface area contributed by atoms with Crippen LogP contribution in [0.25, 0.3) is 16.9 Å². The molecule has 0 bridgehead atoms. The molecular weight excluding hydrogens is 743 g/mol. The lowest BCUT2D eigenvalue weighted by Crippen LogP contribution is -2.62. The number of aromatic nitrogens is 4. The van der Waals surface area contributed by atoms with Gasteiger partial charge in [0.15, 0.2) is 11.5 Å². The van der Waals surface area contributed by atoms with Gasteiger partial charge in [0.1, 0.15) is 35.1 Å². The number of nitrogens with one attached hydrogen (secondary N) is 1. The lowest BCUT2D eigenvalue weighted by atomic mass is 9.91. The molecule has 3 aliphatic rings. The van der Waals surface area contributed by atoms with E-state index in [1.165, 1.54) is 30.1 Å². The average Bonchev–Trinajstić information content (AvgIpc) is 3.44. The van der Waals surface area contributed by atoms with Gasteiger partial charge < -0.3 is 25.4 Å². The highest BCUT2D eigenvalue weighted by molar-refractivity contribution is 5.96. The molecule has 7 rings (SSSR count). The molecule has 0 unspecified atom stereocenters. The minimum atomic E-state index is -3.23. The van der Waals surface area contributed by atoms with Gasteiger partial charge in [-0.05, 0) is 102 Å². The van der Waals surface area contributed by atoms with Gasteiger partial charge in [-0.3, -0.25) is 23.7 Å². The Balaban J connectivity index is 0.965. The standard InChI is InChI=1S/C40H50F3N9O5/c1-39(2,3)57-38(55)50-21-29(22-50)49-17-12-25(13-18-49)11-15-48-16-14-32(40(42,43)23-48)52-35-33(34(44)46-24-47-35)51(37(52)54)28-8-5-26(6-9-28)20-45-36(53)30-10-7-27(41)19-31(30)56-4/h5-10,19,24-25,29,32H,11-18,20-23H2,1-4H3,(H,45,53)(H2,44,46,47)/t32-/m0/s1. The third-order valence-corrected chi connectivity index (χ3v) is 11.2. The highest BCUT2D eigenvalue weighted by atomic mass is 19.3. The first-order valence-corrected chi connectivity index (χ1v) is 19.4. The zero-order valence-corrected chi connectivity index (χ0v) is 32.7. The molecule has 3 aliphatic heterocycles. The van der Waals surface area contributed by atoms with E-state index in [9.17, 15) is 18.8 Å². The van der Waals surface area contributed by atoms with Gasteiger partial charge in [0.2, 0.25) is 0 Å². The van der Waals surface area contributed by atoms with Crippen LogP contribution in [0.15, 0.2) is 53.6 Å². The molecule has 306 valence electrons. The lowest BCUT2D eigenvalue weighted by molar-refractivity contribution is -0.104. The molecule has 14 nitrogen and oxygen atoms in total. The quantitative estimate of drug-likeness (QED) is 0.228. The van der Waals surface area contributed by atoms with Gasteiger partial charge in [-0.25, -0.2) is 32.7 Å². The highest BCUT2D eigenvalue weighted by Gasteiger charge is 2.48. The minimum absolute atomic E-state index is 0.0232. The number of ether oxygens (including phenoxy) is 2. The topological polar surface area (TPSA) is 153 Å². The van der Waals surface area contributed by atoms with Crippen molar-refractivity contribution in [1.29, 1.82) is 0 Å². The van der Waals surface area contributed by atoms with Gasteiger partial charge in [-0.1, -0.05) is 12.1 Å². The summed E-state index contributed by atoms with van der Waals surface area (Å²) in [5, 5.41) is 2.77. The number of likely N-dealkylation sites (tertiary alicyclic amines) is 3. The maximum atomic E-state index is 16.2. The van der Waals surface area contributed by atoms with E-state index in [1.807, 2.05) is 20.8 Å². The zero-order chi connectivity index (χ0) is 40.6. The van der Waals surface area contributed by atoms with Crippen molar-refractivity contribution in [3.8, 4) is 11.4 Å². The summed E-state index contributed by atoms with van der Waals surface area (Å²) < 4.78 is 58.8. The molecule has 3 N–H and O–H groups in total. The predicted molar refractivity (Wildman–Crippen MR) is 207 cm³/mol. The summed E-state index contributed by atoms with van der Waals surface area (Å²) in [5.41, 5.74) is 6.42. The predicted octanol–water partition coefficient (Wildman–Crippen LogP) is 4.85. The van der Waals surface area contributed by atoms with Crippen molar-refractivity contribution in [3.63, 3.8) is 0 Å². The normalized spacial score (nSPS) is 19.7. The molecule has 0 aliphatic carbocycles. The average molecular weight is 794 g/mol. The van der Waals surface area contributed by atoms with Crippen LogP contribution >= 0.6 is 0 Å². The van der Waals surface area contributed by atoms with E-state index in [0.29, 0.717) is 49.4 Å². The van der Waals surface area contributed by atoms with Crippen molar-refractivity contribution in [2.75, 3.05) is 58.7 Å². The van der Waals surface area contributed by atoms with Crippen LogP contribution in [0.2, 0.25) is 0 Å². The van der Waals surface area contributed by atoms with E-state index in [2.05, 4.69) is 20.2 Å². The first-order chi connectivity index (χ1) is 27.1. The Morgan fingerprint density at radius 3 is 2.40 bits per heavy atom. The van der Waals surface area contributed by atoms with Crippen LogP contribution in [0.1, 0.15) is 68.4 Å². The number of fused-ring (bicyclic) bond motifs is 1. The molecular formula is C40H50F3N9O5. The van der Waals surface area contributed by atoms with E-state index >= 15 is 8.78 Å². The smallest absolute Gasteiger partial charge is 0.410 e. The van der Waals surface area contributed by atoms with Crippen molar-refractivity contribution < 1.29 is 32.2 Å². The number of nitrogens with two attached hydrogens (primary N) is 1. The number of imidazole rings is 1. The molecule has 3 saturated heterocycles. The number of carbonyl (C=O) groups excluding carboxylic acids is 2. The van der Waals surface area contributed by atoms with Crippen LogP contribution in [0, 0.1) is 11.7 Å². The first kappa shape index (κ1) is 40.1. The molecule has 3 fully saturated rings. The second-order valence-corrected chi connectivity index (χ2v) is 16.3. The van der Waals surface area contributed by atoms with Gasteiger partial charge in [0.05, 0.1) is 24.9 Å². The molecule has 1 atom stereocenters. The molecule has 2 aromatic carbocycles. The maximum Gasteiger partial charge on any atom is 0.410 e. The van der Waals surface area contributed by atoms with Gasteiger partial charge in [-0.2, -0.15) is 0 Å². The number of hydrogen-bond donors (Lipinski definition) is 2. The third-order valence-electron chi connectivity index (χ3n) is 11.2. The number of nitrogens with zero attached hydrogens (tertiary/aromatic N) is 7. The number of halogens is 3. The molecule has 57 heavy (non-hydrogen) atoms. The summed E-state index contributed by atoms with van der Waals surface area (Å²) in [6, 6.07) is 9.16. The summed E-state index contributed by atoms with van der Waals surface area (Å²) in [4.78, 5) is 53.5. The molecule has 0 saturated carbocycles. The number of nitrogen functional groups attached to an aromatic ring is 1.